The largest absolute Gasteiger partial charge is 0.388 e. The lowest BCUT2D eigenvalue weighted by Crippen LogP contribution is -2.51. The van der Waals surface area contributed by atoms with E-state index in [1.165, 1.54) is 4.90 Å². The molecule has 2 fully saturated rings. The monoisotopic (exact) mass is 337 g/mol. The molecular weight excluding hydrogens is 318 g/mol. The number of ether oxygens (including phenoxy) is 1. The van der Waals surface area contributed by atoms with Gasteiger partial charge in [0, 0.05) is 18.8 Å². The van der Waals surface area contributed by atoms with E-state index in [0.29, 0.717) is 17.0 Å². The SMILES string of the molecule is C=C1C(O)CC(N(C(=O)c2ccccn2)c2cccnc2)OC12CC2. The zero-order chi connectivity index (χ0) is 17.4. The van der Waals surface area contributed by atoms with Crippen LogP contribution >= 0.6 is 0 Å². The Kier molecular flexibility index (Phi) is 3.86. The van der Waals surface area contributed by atoms with Crippen LogP contribution in [-0.4, -0.2) is 38.9 Å². The van der Waals surface area contributed by atoms with Crippen LogP contribution in [0.4, 0.5) is 5.69 Å². The maximum Gasteiger partial charge on any atom is 0.279 e. The first-order chi connectivity index (χ1) is 12.1. The average Bonchev–Trinajstić information content (AvgIpc) is 3.42. The van der Waals surface area contributed by atoms with Crippen LogP contribution in [0.5, 0.6) is 0 Å². The number of carbonyl (C=O) groups excluding carboxylic acids is 1. The number of hydrogen-bond donors (Lipinski definition) is 1. The first-order valence-electron chi connectivity index (χ1n) is 8.30. The van der Waals surface area contributed by atoms with Crippen molar-refractivity contribution in [1.29, 1.82) is 0 Å². The summed E-state index contributed by atoms with van der Waals surface area (Å²) in [4.78, 5) is 22.9. The highest BCUT2D eigenvalue weighted by molar-refractivity contribution is 6.05. The first-order valence-corrected chi connectivity index (χ1v) is 8.30. The number of pyridine rings is 2. The van der Waals surface area contributed by atoms with Crippen molar-refractivity contribution in [3.8, 4) is 0 Å². The van der Waals surface area contributed by atoms with Gasteiger partial charge in [-0.15, -0.1) is 0 Å². The Labute approximate surface area is 145 Å². The Hall–Kier alpha value is -2.57. The fourth-order valence-electron chi connectivity index (χ4n) is 3.25. The van der Waals surface area contributed by atoms with Gasteiger partial charge in [0.2, 0.25) is 0 Å². The van der Waals surface area contributed by atoms with Crippen LogP contribution in [0.2, 0.25) is 0 Å². The van der Waals surface area contributed by atoms with E-state index in [-0.39, 0.29) is 12.3 Å². The summed E-state index contributed by atoms with van der Waals surface area (Å²) < 4.78 is 6.22. The van der Waals surface area contributed by atoms with Crippen LogP contribution < -0.4 is 4.90 Å². The number of hydrogen-bond acceptors (Lipinski definition) is 5. The molecule has 1 aliphatic heterocycles. The minimum Gasteiger partial charge on any atom is -0.388 e. The average molecular weight is 337 g/mol. The minimum absolute atomic E-state index is 0.272. The summed E-state index contributed by atoms with van der Waals surface area (Å²) in [5, 5.41) is 10.4. The first kappa shape index (κ1) is 15.9. The van der Waals surface area contributed by atoms with E-state index in [0.717, 1.165) is 12.8 Å². The van der Waals surface area contributed by atoms with Gasteiger partial charge in [0.15, 0.2) is 0 Å². The summed E-state index contributed by atoms with van der Waals surface area (Å²) in [6, 6.07) is 8.75. The highest BCUT2D eigenvalue weighted by Gasteiger charge is 2.55. The molecule has 128 valence electrons. The van der Waals surface area contributed by atoms with Gasteiger partial charge >= 0.3 is 0 Å². The van der Waals surface area contributed by atoms with E-state index in [9.17, 15) is 9.90 Å². The number of nitrogens with zero attached hydrogens (tertiary/aromatic N) is 3. The second kappa shape index (κ2) is 6.06. The van der Waals surface area contributed by atoms with Gasteiger partial charge in [-0.1, -0.05) is 12.6 Å². The second-order valence-electron chi connectivity index (χ2n) is 6.44. The molecule has 6 heteroatoms. The van der Waals surface area contributed by atoms with Gasteiger partial charge in [-0.2, -0.15) is 0 Å². The number of rotatable bonds is 3. The molecule has 1 saturated heterocycles. The maximum absolute atomic E-state index is 13.1. The molecule has 2 atom stereocenters. The number of aliphatic hydroxyl groups is 1. The van der Waals surface area contributed by atoms with Gasteiger partial charge < -0.3 is 9.84 Å². The fraction of sp³-hybridized carbons (Fsp3) is 0.316. The van der Waals surface area contributed by atoms with Crippen molar-refractivity contribution in [3.63, 3.8) is 0 Å². The number of aromatic nitrogens is 2. The second-order valence-corrected chi connectivity index (χ2v) is 6.44. The van der Waals surface area contributed by atoms with Crippen LogP contribution in [0.1, 0.15) is 29.8 Å². The summed E-state index contributed by atoms with van der Waals surface area (Å²) in [5.41, 5.74) is 1.13. The third-order valence-electron chi connectivity index (χ3n) is 4.79. The Morgan fingerprint density at radius 3 is 2.76 bits per heavy atom. The van der Waals surface area contributed by atoms with Crippen molar-refractivity contribution in [1.82, 2.24) is 9.97 Å². The predicted octanol–water partition coefficient (Wildman–Crippen LogP) is 2.32. The summed E-state index contributed by atoms with van der Waals surface area (Å²) in [7, 11) is 0. The fourth-order valence-corrected chi connectivity index (χ4v) is 3.25. The molecule has 1 spiro atoms. The van der Waals surface area contributed by atoms with Crippen LogP contribution in [0.15, 0.2) is 61.1 Å². The molecule has 1 amide bonds. The van der Waals surface area contributed by atoms with Crippen molar-refractivity contribution in [3.05, 3.63) is 66.8 Å². The van der Waals surface area contributed by atoms with E-state index in [4.69, 9.17) is 4.74 Å². The zero-order valence-corrected chi connectivity index (χ0v) is 13.7. The molecule has 2 aromatic rings. The third-order valence-corrected chi connectivity index (χ3v) is 4.79. The number of anilines is 1. The topological polar surface area (TPSA) is 75.5 Å². The van der Waals surface area contributed by atoms with E-state index in [1.54, 1.807) is 48.9 Å². The number of amides is 1. The van der Waals surface area contributed by atoms with Crippen LogP contribution in [0.25, 0.3) is 0 Å². The van der Waals surface area contributed by atoms with Gasteiger partial charge in [0.1, 0.15) is 11.9 Å². The summed E-state index contributed by atoms with van der Waals surface area (Å²) in [6.07, 6.45) is 5.45. The van der Waals surface area contributed by atoms with E-state index < -0.39 is 17.9 Å². The summed E-state index contributed by atoms with van der Waals surface area (Å²) in [5.74, 6) is -0.283. The molecule has 1 saturated carbocycles. The van der Waals surface area contributed by atoms with Crippen LogP contribution in [0, 0.1) is 0 Å². The molecule has 1 aliphatic carbocycles. The third kappa shape index (κ3) is 2.83. The van der Waals surface area contributed by atoms with Gasteiger partial charge in [-0.05, 0) is 42.7 Å². The van der Waals surface area contributed by atoms with Gasteiger partial charge in [-0.25, -0.2) is 0 Å². The van der Waals surface area contributed by atoms with Gasteiger partial charge in [0.25, 0.3) is 5.91 Å². The van der Waals surface area contributed by atoms with E-state index in [1.807, 2.05) is 0 Å². The lowest BCUT2D eigenvalue weighted by Gasteiger charge is -2.41. The molecule has 2 aliphatic rings. The van der Waals surface area contributed by atoms with Gasteiger partial charge in [0.05, 0.1) is 23.6 Å². The molecule has 25 heavy (non-hydrogen) atoms. The highest BCUT2D eigenvalue weighted by atomic mass is 16.5. The van der Waals surface area contributed by atoms with Gasteiger partial charge in [-0.3, -0.25) is 19.7 Å². The maximum atomic E-state index is 13.1. The standard InChI is InChI=1S/C19H19N3O3/c1-13-16(23)11-17(25-19(13)7-8-19)22(14-5-4-9-20-12-14)18(24)15-6-2-3-10-21-15/h2-6,9-10,12,16-17,23H,1,7-8,11H2. The van der Waals surface area contributed by atoms with Crippen LogP contribution in [0.3, 0.4) is 0 Å². The molecule has 2 unspecified atom stereocenters. The molecule has 1 N–H and O–H groups in total. The highest BCUT2D eigenvalue weighted by Crippen LogP contribution is 2.51. The van der Waals surface area contributed by atoms with Crippen molar-refractivity contribution in [2.24, 2.45) is 0 Å². The Bertz CT molecular complexity index is 790. The molecule has 0 bridgehead atoms. The quantitative estimate of drug-likeness (QED) is 0.870. The van der Waals surface area contributed by atoms with E-state index >= 15 is 0 Å². The smallest absolute Gasteiger partial charge is 0.279 e. The summed E-state index contributed by atoms with van der Waals surface area (Å²) >= 11 is 0. The Morgan fingerprint density at radius 1 is 1.28 bits per heavy atom. The zero-order valence-electron chi connectivity index (χ0n) is 13.7. The molecule has 3 heterocycles. The van der Waals surface area contributed by atoms with Crippen molar-refractivity contribution in [2.45, 2.75) is 37.2 Å². The number of aliphatic hydroxyl groups excluding tert-OH is 1. The molecule has 6 nitrogen and oxygen atoms in total. The predicted molar refractivity (Wildman–Crippen MR) is 91.9 cm³/mol. The summed E-state index contributed by atoms with van der Waals surface area (Å²) in [6.45, 7) is 3.98. The molecular formula is C19H19N3O3. The Balaban J connectivity index is 1.71. The Morgan fingerprint density at radius 2 is 2.12 bits per heavy atom. The molecule has 2 aromatic heterocycles. The lowest BCUT2D eigenvalue weighted by molar-refractivity contribution is -0.0681. The van der Waals surface area contributed by atoms with Crippen molar-refractivity contribution < 1.29 is 14.6 Å². The van der Waals surface area contributed by atoms with Crippen molar-refractivity contribution >= 4 is 11.6 Å². The van der Waals surface area contributed by atoms with Crippen molar-refractivity contribution in [2.75, 3.05) is 4.90 Å². The number of carbonyl (C=O) groups is 1. The normalized spacial score (nSPS) is 24.1. The lowest BCUT2D eigenvalue weighted by atomic mass is 9.96. The molecule has 0 aromatic carbocycles. The van der Waals surface area contributed by atoms with Crippen LogP contribution in [-0.2, 0) is 4.74 Å². The van der Waals surface area contributed by atoms with E-state index in [2.05, 4.69) is 16.5 Å². The molecule has 0 radical (unpaired) electrons. The minimum atomic E-state index is -0.697. The molecule has 4 rings (SSSR count).